The van der Waals surface area contributed by atoms with Crippen LogP contribution in [0.5, 0.6) is 5.75 Å². The molecule has 1 aliphatic heterocycles. The Morgan fingerprint density at radius 1 is 1.25 bits per heavy atom. The van der Waals surface area contributed by atoms with Crippen LogP contribution in [0.15, 0.2) is 12.1 Å². The highest BCUT2D eigenvalue weighted by atomic mass is 16.5. The number of benzene rings is 1. The van der Waals surface area contributed by atoms with E-state index in [0.717, 1.165) is 31.9 Å². The Balaban J connectivity index is 2.25. The van der Waals surface area contributed by atoms with Gasteiger partial charge in [-0.3, -0.25) is 0 Å². The summed E-state index contributed by atoms with van der Waals surface area (Å²) >= 11 is 0. The fourth-order valence-corrected chi connectivity index (χ4v) is 2.16. The smallest absolute Gasteiger partial charge is 0.142 e. The van der Waals surface area contributed by atoms with Gasteiger partial charge in [-0.2, -0.15) is 0 Å². The second-order valence-corrected chi connectivity index (χ2v) is 4.31. The SMILES string of the molecule is COc1cc[c]c(C)c1N1CCN(C)CC1. The second kappa shape index (κ2) is 4.74. The molecule has 0 aliphatic carbocycles. The van der Waals surface area contributed by atoms with Crippen LogP contribution in [0, 0.1) is 13.0 Å². The van der Waals surface area contributed by atoms with E-state index in [4.69, 9.17) is 4.74 Å². The van der Waals surface area contributed by atoms with Gasteiger partial charge in [0.15, 0.2) is 0 Å². The molecule has 3 heteroatoms. The molecule has 1 heterocycles. The van der Waals surface area contributed by atoms with Crippen LogP contribution in [-0.4, -0.2) is 45.2 Å². The van der Waals surface area contributed by atoms with E-state index >= 15 is 0 Å². The molecular formula is C13H19N2O. The highest BCUT2D eigenvalue weighted by molar-refractivity contribution is 5.63. The largest absolute Gasteiger partial charge is 0.495 e. The van der Waals surface area contributed by atoms with Crippen molar-refractivity contribution in [3.63, 3.8) is 0 Å². The second-order valence-electron chi connectivity index (χ2n) is 4.31. The normalized spacial score (nSPS) is 17.6. The molecule has 0 bridgehead atoms. The molecule has 0 saturated carbocycles. The first kappa shape index (κ1) is 11.3. The van der Waals surface area contributed by atoms with Gasteiger partial charge in [0.1, 0.15) is 5.75 Å². The van der Waals surface area contributed by atoms with Crippen molar-refractivity contribution < 1.29 is 4.74 Å². The van der Waals surface area contributed by atoms with Crippen LogP contribution in [0.1, 0.15) is 5.56 Å². The molecule has 3 nitrogen and oxygen atoms in total. The highest BCUT2D eigenvalue weighted by Gasteiger charge is 2.18. The van der Waals surface area contributed by atoms with Crippen molar-refractivity contribution in [3.8, 4) is 5.75 Å². The molecule has 0 spiro atoms. The average molecular weight is 219 g/mol. The topological polar surface area (TPSA) is 15.7 Å². The van der Waals surface area contributed by atoms with E-state index in [0.29, 0.717) is 0 Å². The Labute approximate surface area is 97.6 Å². The standard InChI is InChI=1S/C13H19N2O/c1-11-5-4-6-12(16-3)13(11)15-9-7-14(2)8-10-15/h4,6H,7-10H2,1-3H3. The lowest BCUT2D eigenvalue weighted by atomic mass is 10.1. The quantitative estimate of drug-likeness (QED) is 0.750. The maximum Gasteiger partial charge on any atom is 0.142 e. The molecule has 16 heavy (non-hydrogen) atoms. The number of methoxy groups -OCH3 is 1. The summed E-state index contributed by atoms with van der Waals surface area (Å²) in [6.07, 6.45) is 0. The molecular weight excluding hydrogens is 200 g/mol. The van der Waals surface area contributed by atoms with Crippen LogP contribution >= 0.6 is 0 Å². The van der Waals surface area contributed by atoms with E-state index in [1.54, 1.807) is 7.11 Å². The number of anilines is 1. The van der Waals surface area contributed by atoms with Crippen LogP contribution in [0.4, 0.5) is 5.69 Å². The summed E-state index contributed by atoms with van der Waals surface area (Å²) in [5.41, 5.74) is 2.38. The minimum Gasteiger partial charge on any atom is -0.495 e. The molecule has 2 rings (SSSR count). The van der Waals surface area contributed by atoms with Gasteiger partial charge in [-0.15, -0.1) is 0 Å². The van der Waals surface area contributed by atoms with Gasteiger partial charge in [-0.25, -0.2) is 0 Å². The summed E-state index contributed by atoms with van der Waals surface area (Å²) < 4.78 is 5.43. The molecule has 1 saturated heterocycles. The van der Waals surface area contributed by atoms with Crippen LogP contribution in [0.3, 0.4) is 0 Å². The first-order chi connectivity index (χ1) is 7.72. The highest BCUT2D eigenvalue weighted by Crippen LogP contribution is 2.31. The lowest BCUT2D eigenvalue weighted by Crippen LogP contribution is -2.44. The molecule has 1 aliphatic rings. The lowest BCUT2D eigenvalue weighted by Gasteiger charge is -2.35. The van der Waals surface area contributed by atoms with Crippen LogP contribution in [0.2, 0.25) is 0 Å². The Bertz CT molecular complexity index is 357. The number of rotatable bonds is 2. The number of ether oxygens (including phenoxy) is 1. The maximum atomic E-state index is 5.43. The number of piperazine rings is 1. The average Bonchev–Trinajstić information content (AvgIpc) is 2.30. The predicted molar refractivity (Wildman–Crippen MR) is 66.3 cm³/mol. The molecule has 0 N–H and O–H groups in total. The molecule has 1 aromatic carbocycles. The number of hydrogen-bond acceptors (Lipinski definition) is 3. The van der Waals surface area contributed by atoms with Gasteiger partial charge in [0.05, 0.1) is 12.8 Å². The fourth-order valence-electron chi connectivity index (χ4n) is 2.16. The summed E-state index contributed by atoms with van der Waals surface area (Å²) in [5.74, 6) is 0.959. The number of hydrogen-bond donors (Lipinski definition) is 0. The summed E-state index contributed by atoms with van der Waals surface area (Å²) in [6.45, 7) is 6.43. The number of aryl methyl sites for hydroxylation is 1. The summed E-state index contributed by atoms with van der Waals surface area (Å²) in [5, 5.41) is 0. The number of likely N-dealkylation sites (N-methyl/N-ethyl adjacent to an activating group) is 1. The molecule has 1 radical (unpaired) electrons. The Hall–Kier alpha value is -1.22. The van der Waals surface area contributed by atoms with Crippen molar-refractivity contribution in [1.29, 1.82) is 0 Å². The molecule has 1 fully saturated rings. The van der Waals surface area contributed by atoms with Crippen molar-refractivity contribution >= 4 is 5.69 Å². The number of nitrogens with zero attached hydrogens (tertiary/aromatic N) is 2. The Morgan fingerprint density at radius 2 is 1.94 bits per heavy atom. The fraction of sp³-hybridized carbons (Fsp3) is 0.538. The van der Waals surface area contributed by atoms with Crippen molar-refractivity contribution in [2.45, 2.75) is 6.92 Å². The summed E-state index contributed by atoms with van der Waals surface area (Å²) in [6, 6.07) is 7.16. The molecule has 0 aromatic heterocycles. The van der Waals surface area contributed by atoms with Crippen LogP contribution < -0.4 is 9.64 Å². The minimum atomic E-state index is 0.959. The van der Waals surface area contributed by atoms with E-state index in [1.807, 2.05) is 12.1 Å². The van der Waals surface area contributed by atoms with E-state index in [1.165, 1.54) is 11.3 Å². The van der Waals surface area contributed by atoms with Gasteiger partial charge < -0.3 is 14.5 Å². The van der Waals surface area contributed by atoms with Crippen LogP contribution in [0.25, 0.3) is 0 Å². The van der Waals surface area contributed by atoms with Gasteiger partial charge in [-0.1, -0.05) is 6.07 Å². The van der Waals surface area contributed by atoms with Crippen LogP contribution in [-0.2, 0) is 0 Å². The Morgan fingerprint density at radius 3 is 2.56 bits per heavy atom. The third-order valence-corrected chi connectivity index (χ3v) is 3.16. The van der Waals surface area contributed by atoms with Gasteiger partial charge in [0.2, 0.25) is 0 Å². The van der Waals surface area contributed by atoms with Crippen molar-refractivity contribution in [1.82, 2.24) is 4.90 Å². The third-order valence-electron chi connectivity index (χ3n) is 3.16. The van der Waals surface area contributed by atoms with Gasteiger partial charge in [0.25, 0.3) is 0 Å². The van der Waals surface area contributed by atoms with Gasteiger partial charge in [-0.05, 0) is 31.7 Å². The molecule has 0 amide bonds. The lowest BCUT2D eigenvalue weighted by molar-refractivity contribution is 0.311. The van der Waals surface area contributed by atoms with Crippen molar-refractivity contribution in [3.05, 3.63) is 23.8 Å². The monoisotopic (exact) mass is 219 g/mol. The minimum absolute atomic E-state index is 0.959. The van der Waals surface area contributed by atoms with E-state index in [9.17, 15) is 0 Å². The predicted octanol–water partition coefficient (Wildman–Crippen LogP) is 1.56. The molecule has 0 atom stereocenters. The van der Waals surface area contributed by atoms with Crippen molar-refractivity contribution in [2.24, 2.45) is 0 Å². The van der Waals surface area contributed by atoms with Gasteiger partial charge in [0, 0.05) is 26.2 Å². The van der Waals surface area contributed by atoms with Crippen molar-refractivity contribution in [2.75, 3.05) is 45.2 Å². The van der Waals surface area contributed by atoms with E-state index < -0.39 is 0 Å². The molecule has 0 unspecified atom stereocenters. The van der Waals surface area contributed by atoms with E-state index in [2.05, 4.69) is 29.8 Å². The first-order valence-corrected chi connectivity index (χ1v) is 5.71. The van der Waals surface area contributed by atoms with Gasteiger partial charge >= 0.3 is 0 Å². The summed E-state index contributed by atoms with van der Waals surface area (Å²) in [4.78, 5) is 4.75. The maximum absolute atomic E-state index is 5.43. The zero-order chi connectivity index (χ0) is 11.5. The zero-order valence-electron chi connectivity index (χ0n) is 10.3. The molecule has 87 valence electrons. The summed E-state index contributed by atoms with van der Waals surface area (Å²) in [7, 11) is 3.90. The zero-order valence-corrected chi connectivity index (χ0v) is 10.3. The van der Waals surface area contributed by atoms with E-state index in [-0.39, 0.29) is 0 Å². The first-order valence-electron chi connectivity index (χ1n) is 5.71. The third kappa shape index (κ3) is 2.14. The Kier molecular flexibility index (Phi) is 3.34. The molecule has 1 aromatic rings.